The molecule has 8 heteroatoms. The molecule has 0 unspecified atom stereocenters. The molecule has 0 spiro atoms. The maximum absolute atomic E-state index is 12.0. The van der Waals surface area contributed by atoms with Crippen molar-refractivity contribution in [3.63, 3.8) is 0 Å². The molecule has 0 radical (unpaired) electrons. The third-order valence-corrected chi connectivity index (χ3v) is 4.36. The minimum Gasteiger partial charge on any atom is -0.491 e. The van der Waals surface area contributed by atoms with Crippen LogP contribution in [-0.4, -0.2) is 59.3 Å². The summed E-state index contributed by atoms with van der Waals surface area (Å²) in [5.41, 5.74) is 7.73. The molecule has 27 heavy (non-hydrogen) atoms. The first-order valence-corrected chi connectivity index (χ1v) is 8.81. The molecule has 1 aliphatic heterocycles. The number of carbonyl (C=O) groups excluding carboxylic acids is 1. The molecule has 8 nitrogen and oxygen atoms in total. The van der Waals surface area contributed by atoms with Crippen LogP contribution in [0, 0.1) is 5.41 Å². The van der Waals surface area contributed by atoms with Crippen LogP contribution in [0.2, 0.25) is 0 Å². The number of likely N-dealkylation sites (N-methyl/N-ethyl adjacent to an activating group) is 1. The molecule has 3 rings (SSSR count). The maximum Gasteiger partial charge on any atom is 0.241 e. The van der Waals surface area contributed by atoms with Crippen molar-refractivity contribution in [3.8, 4) is 5.75 Å². The van der Waals surface area contributed by atoms with E-state index in [1.165, 1.54) is 6.33 Å². The van der Waals surface area contributed by atoms with Crippen LogP contribution in [0.25, 0.3) is 0 Å². The Balaban J connectivity index is 1.87. The normalized spacial score (nSPS) is 14.6. The van der Waals surface area contributed by atoms with Gasteiger partial charge in [0.25, 0.3) is 0 Å². The number of nitrogens with zero attached hydrogens (tertiary/aromatic N) is 4. The van der Waals surface area contributed by atoms with Gasteiger partial charge in [0.2, 0.25) is 5.91 Å². The number of amides is 1. The van der Waals surface area contributed by atoms with Crippen molar-refractivity contribution in [3.05, 3.63) is 41.9 Å². The Morgan fingerprint density at radius 1 is 1.26 bits per heavy atom. The average molecular weight is 368 g/mol. The Labute approximate surface area is 158 Å². The number of carbonyl (C=O) groups is 1. The van der Waals surface area contributed by atoms with Crippen LogP contribution in [0.5, 0.6) is 5.75 Å². The standard InChI is InChI=1S/C19H24N6O2/c1-12(2)27-13-4-5-15(20)14(8-13)19(21)16-9-17(23-11-22-16)25-7-6-24(3)18(26)10-25/h4-5,8-9,11-12,21H,6-7,10,20H2,1-3H3. The third kappa shape index (κ3) is 4.16. The predicted molar refractivity (Wildman–Crippen MR) is 104 cm³/mol. The highest BCUT2D eigenvalue weighted by Crippen LogP contribution is 2.24. The fourth-order valence-electron chi connectivity index (χ4n) is 2.85. The fourth-order valence-corrected chi connectivity index (χ4v) is 2.85. The highest BCUT2D eigenvalue weighted by molar-refractivity contribution is 6.13. The van der Waals surface area contributed by atoms with E-state index >= 15 is 0 Å². The van der Waals surface area contributed by atoms with Gasteiger partial charge in [-0.05, 0) is 32.0 Å². The molecule has 2 heterocycles. The molecule has 1 aliphatic rings. The molecule has 0 saturated carbocycles. The monoisotopic (exact) mass is 368 g/mol. The number of nitrogens with two attached hydrogens (primary N) is 1. The molecular weight excluding hydrogens is 344 g/mol. The number of benzene rings is 1. The predicted octanol–water partition coefficient (Wildman–Crippen LogP) is 1.54. The van der Waals surface area contributed by atoms with Crippen LogP contribution in [0.3, 0.4) is 0 Å². The maximum atomic E-state index is 12.0. The lowest BCUT2D eigenvalue weighted by Crippen LogP contribution is -2.48. The number of hydrogen-bond acceptors (Lipinski definition) is 7. The van der Waals surface area contributed by atoms with Gasteiger partial charge in [-0.1, -0.05) is 0 Å². The van der Waals surface area contributed by atoms with E-state index in [0.717, 1.165) is 0 Å². The van der Waals surface area contributed by atoms with Crippen molar-refractivity contribution in [2.24, 2.45) is 0 Å². The third-order valence-electron chi connectivity index (χ3n) is 4.36. The largest absolute Gasteiger partial charge is 0.491 e. The van der Waals surface area contributed by atoms with Gasteiger partial charge in [0.05, 0.1) is 24.1 Å². The van der Waals surface area contributed by atoms with Crippen molar-refractivity contribution >= 4 is 23.1 Å². The zero-order valence-corrected chi connectivity index (χ0v) is 15.8. The second-order valence-electron chi connectivity index (χ2n) is 6.79. The quantitative estimate of drug-likeness (QED) is 0.612. The van der Waals surface area contributed by atoms with Crippen LogP contribution >= 0.6 is 0 Å². The fraction of sp³-hybridized carbons (Fsp3) is 0.368. The zero-order valence-electron chi connectivity index (χ0n) is 15.8. The number of anilines is 2. The summed E-state index contributed by atoms with van der Waals surface area (Å²) < 4.78 is 5.70. The van der Waals surface area contributed by atoms with Crippen LogP contribution in [0.1, 0.15) is 25.1 Å². The first-order valence-electron chi connectivity index (χ1n) is 8.81. The molecule has 1 aromatic heterocycles. The lowest BCUT2D eigenvalue weighted by molar-refractivity contribution is -0.129. The molecule has 0 aliphatic carbocycles. The summed E-state index contributed by atoms with van der Waals surface area (Å²) in [4.78, 5) is 24.0. The molecule has 142 valence electrons. The highest BCUT2D eigenvalue weighted by Gasteiger charge is 2.23. The van der Waals surface area contributed by atoms with E-state index in [1.807, 2.05) is 18.7 Å². The number of piperazine rings is 1. The summed E-state index contributed by atoms with van der Waals surface area (Å²) in [6.07, 6.45) is 1.43. The minimum absolute atomic E-state index is 0.0241. The Hall–Kier alpha value is -3.16. The van der Waals surface area contributed by atoms with Crippen molar-refractivity contribution in [2.45, 2.75) is 20.0 Å². The van der Waals surface area contributed by atoms with Gasteiger partial charge in [-0.15, -0.1) is 0 Å². The Morgan fingerprint density at radius 3 is 2.74 bits per heavy atom. The molecule has 0 bridgehead atoms. The van der Waals surface area contributed by atoms with Crippen LogP contribution in [-0.2, 0) is 4.79 Å². The number of nitrogen functional groups attached to an aromatic ring is 1. The van der Waals surface area contributed by atoms with Crippen LogP contribution in [0.15, 0.2) is 30.6 Å². The van der Waals surface area contributed by atoms with E-state index < -0.39 is 0 Å². The summed E-state index contributed by atoms with van der Waals surface area (Å²) in [6.45, 7) is 5.47. The molecule has 3 N–H and O–H groups in total. The van der Waals surface area contributed by atoms with Gasteiger partial charge in [-0.25, -0.2) is 9.97 Å². The molecule has 2 aromatic rings. The number of nitrogens with one attached hydrogen (secondary N) is 1. The van der Waals surface area contributed by atoms with E-state index in [9.17, 15) is 4.79 Å². The molecule has 1 amide bonds. The lowest BCUT2D eigenvalue weighted by Gasteiger charge is -2.32. The highest BCUT2D eigenvalue weighted by atomic mass is 16.5. The number of rotatable bonds is 5. The molecule has 0 atom stereocenters. The van der Waals surface area contributed by atoms with Gasteiger partial charge < -0.3 is 20.3 Å². The van der Waals surface area contributed by atoms with Gasteiger partial charge in [0, 0.05) is 37.5 Å². The SMILES string of the molecule is CC(C)Oc1ccc(N)c(C(=N)c2cc(N3CCN(C)C(=O)C3)ncn2)c1. The summed E-state index contributed by atoms with van der Waals surface area (Å²) in [5.74, 6) is 1.32. The van der Waals surface area contributed by atoms with E-state index in [2.05, 4.69) is 9.97 Å². The topological polar surface area (TPSA) is 108 Å². The number of aromatic nitrogens is 2. The second kappa shape index (κ2) is 7.61. The molecular formula is C19H24N6O2. The second-order valence-corrected chi connectivity index (χ2v) is 6.79. The smallest absolute Gasteiger partial charge is 0.241 e. The Bertz CT molecular complexity index is 867. The van der Waals surface area contributed by atoms with Crippen molar-refractivity contribution in [2.75, 3.05) is 37.3 Å². The lowest BCUT2D eigenvalue weighted by atomic mass is 10.0. The summed E-state index contributed by atoms with van der Waals surface area (Å²) in [7, 11) is 1.79. The Morgan fingerprint density at radius 2 is 2.04 bits per heavy atom. The van der Waals surface area contributed by atoms with Gasteiger partial charge in [0.15, 0.2) is 0 Å². The van der Waals surface area contributed by atoms with E-state index in [-0.39, 0.29) is 24.3 Å². The average Bonchev–Trinajstić information content (AvgIpc) is 2.64. The van der Waals surface area contributed by atoms with Crippen molar-refractivity contribution in [1.82, 2.24) is 14.9 Å². The minimum atomic E-state index is 0.0241. The first-order chi connectivity index (χ1) is 12.8. The summed E-state index contributed by atoms with van der Waals surface area (Å²) in [5, 5.41) is 8.55. The molecule has 1 aromatic carbocycles. The summed E-state index contributed by atoms with van der Waals surface area (Å²) >= 11 is 0. The Kier molecular flexibility index (Phi) is 5.25. The van der Waals surface area contributed by atoms with Crippen LogP contribution < -0.4 is 15.4 Å². The molecule has 1 fully saturated rings. The van der Waals surface area contributed by atoms with Crippen molar-refractivity contribution in [1.29, 1.82) is 5.41 Å². The van der Waals surface area contributed by atoms with Crippen molar-refractivity contribution < 1.29 is 9.53 Å². The van der Waals surface area contributed by atoms with Gasteiger partial charge in [-0.3, -0.25) is 10.2 Å². The van der Waals surface area contributed by atoms with Gasteiger partial charge in [0.1, 0.15) is 17.9 Å². The number of hydrogen-bond donors (Lipinski definition) is 2. The number of ether oxygens (including phenoxy) is 1. The van der Waals surface area contributed by atoms with E-state index in [1.54, 1.807) is 36.2 Å². The van der Waals surface area contributed by atoms with E-state index in [0.29, 0.717) is 41.6 Å². The van der Waals surface area contributed by atoms with E-state index in [4.69, 9.17) is 15.9 Å². The van der Waals surface area contributed by atoms with Crippen LogP contribution in [0.4, 0.5) is 11.5 Å². The van der Waals surface area contributed by atoms with Gasteiger partial charge >= 0.3 is 0 Å². The first kappa shape index (κ1) is 18.6. The van der Waals surface area contributed by atoms with Gasteiger partial charge in [-0.2, -0.15) is 0 Å². The molecule has 1 saturated heterocycles. The zero-order chi connectivity index (χ0) is 19.6. The summed E-state index contributed by atoms with van der Waals surface area (Å²) in [6, 6.07) is 6.98.